The van der Waals surface area contributed by atoms with E-state index < -0.39 is 17.1 Å². The second kappa shape index (κ2) is 9.18. The van der Waals surface area contributed by atoms with E-state index in [0.29, 0.717) is 37.4 Å². The summed E-state index contributed by atoms with van der Waals surface area (Å²) in [7, 11) is -6.54. The van der Waals surface area contributed by atoms with Crippen molar-refractivity contribution in [1.82, 2.24) is 0 Å². The molecular weight excluding hydrogens is 269 g/mol. The van der Waals surface area contributed by atoms with Crippen molar-refractivity contribution in [3.05, 3.63) is 0 Å². The lowest BCUT2D eigenvalue weighted by atomic mass is 10.4. The van der Waals surface area contributed by atoms with Crippen molar-refractivity contribution in [3.8, 4) is 0 Å². The third-order valence-electron chi connectivity index (χ3n) is 3.43. The highest BCUT2D eigenvalue weighted by molar-refractivity contribution is 6.73. The van der Waals surface area contributed by atoms with Gasteiger partial charge in [-0.15, -0.1) is 0 Å². The van der Waals surface area contributed by atoms with Crippen LogP contribution in [0.25, 0.3) is 0 Å². The molecule has 0 aliphatic carbocycles. The van der Waals surface area contributed by atoms with Gasteiger partial charge < -0.3 is 4.11 Å². The Morgan fingerprint density at radius 1 is 0.611 bits per heavy atom. The van der Waals surface area contributed by atoms with Gasteiger partial charge in [-0.1, -0.05) is 52.9 Å². The average molecular weight is 299 g/mol. The van der Waals surface area contributed by atoms with Crippen molar-refractivity contribution in [2.24, 2.45) is 0 Å². The standard InChI is InChI=1S/C13H29F3Si2/c1-4-9-17(14,10-5-2)12-7-8-13-18(15,16)11-6-3/h4-13H2,1-3H3. The summed E-state index contributed by atoms with van der Waals surface area (Å²) in [5, 5.41) is 0. The maximum atomic E-state index is 14.5. The molecule has 0 atom stereocenters. The molecule has 0 radical (unpaired) electrons. The SMILES string of the molecule is CCC[Si](F)(F)CCCC[Si](F)(CCC)CCC. The number of hydrogen-bond acceptors (Lipinski definition) is 0. The first-order chi connectivity index (χ1) is 8.39. The molecule has 0 aromatic rings. The zero-order chi connectivity index (χ0) is 14.1. The molecule has 0 fully saturated rings. The molecular formula is C13H29F3Si2. The van der Waals surface area contributed by atoms with E-state index in [9.17, 15) is 12.3 Å². The second-order valence-electron chi connectivity index (χ2n) is 5.46. The molecule has 0 bridgehead atoms. The van der Waals surface area contributed by atoms with E-state index in [2.05, 4.69) is 0 Å². The average Bonchev–Trinajstić information content (AvgIpc) is 2.25. The maximum Gasteiger partial charge on any atom is 0.425 e. The third kappa shape index (κ3) is 8.35. The number of halogens is 3. The first kappa shape index (κ1) is 18.2. The Labute approximate surface area is 113 Å². The first-order valence-electron chi connectivity index (χ1n) is 7.46. The van der Waals surface area contributed by atoms with Crippen LogP contribution in [0.2, 0.25) is 30.2 Å². The van der Waals surface area contributed by atoms with Gasteiger partial charge in [-0.3, -0.25) is 8.22 Å². The number of rotatable bonds is 11. The minimum Gasteiger partial charge on any atom is -0.314 e. The second-order valence-corrected chi connectivity index (χ2v) is 12.0. The fourth-order valence-corrected chi connectivity index (χ4v) is 7.76. The summed E-state index contributed by atoms with van der Waals surface area (Å²) in [6, 6.07) is 2.21. The molecule has 0 spiro atoms. The Balaban J connectivity index is 3.92. The quantitative estimate of drug-likeness (QED) is 0.239. The van der Waals surface area contributed by atoms with Crippen molar-refractivity contribution >= 4 is 17.1 Å². The van der Waals surface area contributed by atoms with Crippen LogP contribution in [0.1, 0.15) is 52.9 Å². The van der Waals surface area contributed by atoms with Gasteiger partial charge in [0, 0.05) is 0 Å². The summed E-state index contributed by atoms with van der Waals surface area (Å²) >= 11 is 0. The highest BCUT2D eigenvalue weighted by Crippen LogP contribution is 2.30. The Kier molecular flexibility index (Phi) is 9.29. The number of unbranched alkanes of at least 4 members (excludes halogenated alkanes) is 1. The highest BCUT2D eigenvalue weighted by atomic mass is 28.4. The van der Waals surface area contributed by atoms with Crippen LogP contribution in [0.5, 0.6) is 0 Å². The molecule has 18 heavy (non-hydrogen) atoms. The van der Waals surface area contributed by atoms with E-state index in [4.69, 9.17) is 0 Å². The molecule has 0 aromatic carbocycles. The molecule has 0 saturated carbocycles. The number of hydrogen-bond donors (Lipinski definition) is 0. The van der Waals surface area contributed by atoms with Gasteiger partial charge in [0.25, 0.3) is 0 Å². The Morgan fingerprint density at radius 2 is 1.06 bits per heavy atom. The fourth-order valence-electron chi connectivity index (χ4n) is 2.59. The topological polar surface area (TPSA) is 0 Å². The van der Waals surface area contributed by atoms with Crippen LogP contribution in [0, 0.1) is 0 Å². The summed E-state index contributed by atoms with van der Waals surface area (Å²) < 4.78 is 41.3. The van der Waals surface area contributed by atoms with E-state index in [-0.39, 0.29) is 12.1 Å². The van der Waals surface area contributed by atoms with Crippen LogP contribution >= 0.6 is 0 Å². The molecule has 0 nitrogen and oxygen atoms in total. The zero-order valence-electron chi connectivity index (χ0n) is 12.2. The Hall–Kier alpha value is 0.224. The van der Waals surface area contributed by atoms with Crippen molar-refractivity contribution in [2.45, 2.75) is 83.1 Å². The normalized spacial score (nSPS) is 13.0. The summed E-state index contributed by atoms with van der Waals surface area (Å²) in [5.41, 5.74) is 0. The fraction of sp³-hybridized carbons (Fsp3) is 1.00. The van der Waals surface area contributed by atoms with Gasteiger partial charge in [-0.05, 0) is 30.2 Å². The van der Waals surface area contributed by atoms with Gasteiger partial charge in [0.1, 0.15) is 0 Å². The zero-order valence-corrected chi connectivity index (χ0v) is 14.2. The predicted octanol–water partition coefficient (Wildman–Crippen LogP) is 6.29. The van der Waals surface area contributed by atoms with Crippen LogP contribution in [-0.4, -0.2) is 17.1 Å². The monoisotopic (exact) mass is 298 g/mol. The summed E-state index contributed by atoms with van der Waals surface area (Å²) in [4.78, 5) is 0. The van der Waals surface area contributed by atoms with Gasteiger partial charge in [-0.25, -0.2) is 0 Å². The van der Waals surface area contributed by atoms with Crippen LogP contribution in [0.3, 0.4) is 0 Å². The van der Waals surface area contributed by atoms with E-state index in [1.54, 1.807) is 0 Å². The molecule has 0 aliphatic rings. The molecule has 0 saturated heterocycles. The highest BCUT2D eigenvalue weighted by Gasteiger charge is 2.35. The van der Waals surface area contributed by atoms with Gasteiger partial charge in [-0.2, -0.15) is 0 Å². The van der Waals surface area contributed by atoms with Crippen molar-refractivity contribution < 1.29 is 12.3 Å². The van der Waals surface area contributed by atoms with Crippen LogP contribution in [0.4, 0.5) is 12.3 Å². The Bertz CT molecular complexity index is 204. The third-order valence-corrected chi connectivity index (χ3v) is 9.79. The van der Waals surface area contributed by atoms with Gasteiger partial charge in [0.2, 0.25) is 8.41 Å². The van der Waals surface area contributed by atoms with E-state index in [1.807, 2.05) is 20.8 Å². The molecule has 0 heterocycles. The Morgan fingerprint density at radius 3 is 1.50 bits per heavy atom. The van der Waals surface area contributed by atoms with Crippen LogP contribution in [-0.2, 0) is 0 Å². The van der Waals surface area contributed by atoms with Crippen molar-refractivity contribution in [2.75, 3.05) is 0 Å². The van der Waals surface area contributed by atoms with Crippen LogP contribution in [0.15, 0.2) is 0 Å². The van der Waals surface area contributed by atoms with E-state index in [1.165, 1.54) is 0 Å². The minimum atomic E-state index is -3.94. The predicted molar refractivity (Wildman–Crippen MR) is 79.0 cm³/mol. The summed E-state index contributed by atoms with van der Waals surface area (Å²) in [6.45, 7) is 5.83. The molecule has 0 aromatic heterocycles. The molecule has 0 aliphatic heterocycles. The first-order valence-corrected chi connectivity index (χ1v) is 12.1. The molecule has 0 unspecified atom stereocenters. The lowest BCUT2D eigenvalue weighted by Crippen LogP contribution is -2.28. The molecule has 110 valence electrons. The molecule has 0 amide bonds. The van der Waals surface area contributed by atoms with E-state index in [0.717, 1.165) is 12.8 Å². The lowest BCUT2D eigenvalue weighted by molar-refractivity contribution is 0.569. The van der Waals surface area contributed by atoms with E-state index >= 15 is 0 Å². The molecule has 0 N–H and O–H groups in total. The molecule has 0 rings (SSSR count). The van der Waals surface area contributed by atoms with Crippen molar-refractivity contribution in [1.29, 1.82) is 0 Å². The summed E-state index contributed by atoms with van der Waals surface area (Å²) in [5.74, 6) is 0. The van der Waals surface area contributed by atoms with Crippen LogP contribution < -0.4 is 0 Å². The summed E-state index contributed by atoms with van der Waals surface area (Å²) in [6.07, 6.45) is 3.57. The lowest BCUT2D eigenvalue weighted by Gasteiger charge is -2.21. The minimum absolute atomic E-state index is 0.0730. The molecule has 5 heteroatoms. The maximum absolute atomic E-state index is 14.5. The smallest absolute Gasteiger partial charge is 0.314 e. The van der Waals surface area contributed by atoms with Gasteiger partial charge >= 0.3 is 8.74 Å². The largest absolute Gasteiger partial charge is 0.425 e. The van der Waals surface area contributed by atoms with Gasteiger partial charge in [0.05, 0.1) is 0 Å². The van der Waals surface area contributed by atoms with Gasteiger partial charge in [0.15, 0.2) is 0 Å². The van der Waals surface area contributed by atoms with Crippen molar-refractivity contribution in [3.63, 3.8) is 0 Å².